The molecule has 144 valence electrons. The SMILES string of the molecule is COc1ccc(COC(=O)C2=C(c3ccccc3)CS[C@H]3[C@H](N)C(=O)N23)cc1. The van der Waals surface area contributed by atoms with E-state index in [1.165, 1.54) is 4.90 Å². The molecule has 0 unspecified atom stereocenters. The number of carbonyl (C=O) groups is 2. The molecule has 0 spiro atoms. The van der Waals surface area contributed by atoms with Crippen LogP contribution in [-0.4, -0.2) is 41.1 Å². The molecule has 1 fully saturated rings. The number of fused-ring (bicyclic) bond motifs is 1. The number of nitrogens with two attached hydrogens (primary N) is 1. The lowest BCUT2D eigenvalue weighted by molar-refractivity contribution is -0.151. The zero-order valence-electron chi connectivity index (χ0n) is 15.3. The highest BCUT2D eigenvalue weighted by atomic mass is 32.2. The van der Waals surface area contributed by atoms with Gasteiger partial charge in [0.2, 0.25) is 5.91 Å². The topological polar surface area (TPSA) is 81.9 Å². The Bertz CT molecular complexity index is 927. The Morgan fingerprint density at radius 3 is 2.57 bits per heavy atom. The van der Waals surface area contributed by atoms with E-state index in [2.05, 4.69) is 0 Å². The highest BCUT2D eigenvalue weighted by Crippen LogP contribution is 2.42. The molecule has 1 amide bonds. The average Bonchev–Trinajstić information content (AvgIpc) is 2.76. The molecule has 2 aliphatic rings. The lowest BCUT2D eigenvalue weighted by atomic mass is 9.99. The summed E-state index contributed by atoms with van der Waals surface area (Å²) in [6, 6.07) is 16.3. The molecule has 2 atom stereocenters. The van der Waals surface area contributed by atoms with E-state index >= 15 is 0 Å². The predicted octanol–water partition coefficient (Wildman–Crippen LogP) is 2.39. The van der Waals surface area contributed by atoms with Gasteiger partial charge in [0.1, 0.15) is 29.5 Å². The fourth-order valence-electron chi connectivity index (χ4n) is 3.30. The van der Waals surface area contributed by atoms with E-state index in [1.807, 2.05) is 54.6 Å². The van der Waals surface area contributed by atoms with Crippen molar-refractivity contribution in [3.63, 3.8) is 0 Å². The second-order valence-corrected chi connectivity index (χ2v) is 7.66. The van der Waals surface area contributed by atoms with Crippen molar-refractivity contribution in [1.29, 1.82) is 0 Å². The molecule has 2 aromatic rings. The standard InChI is InChI=1S/C21H20N2O4S/c1-26-15-9-7-13(8-10-15)11-27-21(25)18-16(14-5-3-2-4-6-14)12-28-20-17(22)19(24)23(18)20/h2-10,17,20H,11-12,22H2,1H3/t17-,20+/m1/s1. The summed E-state index contributed by atoms with van der Waals surface area (Å²) in [6.45, 7) is 0.111. The van der Waals surface area contributed by atoms with Crippen LogP contribution in [0.2, 0.25) is 0 Å². The first kappa shape index (κ1) is 18.6. The van der Waals surface area contributed by atoms with Crippen molar-refractivity contribution in [2.24, 2.45) is 5.73 Å². The quantitative estimate of drug-likeness (QED) is 0.617. The van der Waals surface area contributed by atoms with Gasteiger partial charge < -0.3 is 15.2 Å². The van der Waals surface area contributed by atoms with E-state index in [1.54, 1.807) is 18.9 Å². The molecular weight excluding hydrogens is 376 g/mol. The van der Waals surface area contributed by atoms with Gasteiger partial charge in [-0.2, -0.15) is 0 Å². The number of esters is 1. The van der Waals surface area contributed by atoms with Gasteiger partial charge in [0.25, 0.3) is 0 Å². The Labute approximate surface area is 167 Å². The van der Waals surface area contributed by atoms with Gasteiger partial charge in [-0.15, -0.1) is 11.8 Å². The van der Waals surface area contributed by atoms with Gasteiger partial charge in [0.15, 0.2) is 0 Å². The van der Waals surface area contributed by atoms with Crippen LogP contribution in [0.3, 0.4) is 0 Å². The van der Waals surface area contributed by atoms with Crippen LogP contribution in [0.5, 0.6) is 5.75 Å². The van der Waals surface area contributed by atoms with Gasteiger partial charge in [-0.3, -0.25) is 9.69 Å². The second kappa shape index (κ2) is 7.69. The Morgan fingerprint density at radius 2 is 1.89 bits per heavy atom. The average molecular weight is 396 g/mol. The van der Waals surface area contributed by atoms with Gasteiger partial charge in [-0.25, -0.2) is 4.79 Å². The third-order valence-electron chi connectivity index (χ3n) is 4.85. The van der Waals surface area contributed by atoms with Crippen molar-refractivity contribution >= 4 is 29.2 Å². The highest BCUT2D eigenvalue weighted by molar-refractivity contribution is 8.00. The summed E-state index contributed by atoms with van der Waals surface area (Å²) in [5, 5.41) is -0.219. The first-order valence-corrected chi connectivity index (χ1v) is 9.94. The first-order chi connectivity index (χ1) is 13.6. The molecule has 0 aromatic heterocycles. The number of carbonyl (C=O) groups excluding carboxylic acids is 2. The summed E-state index contributed by atoms with van der Waals surface area (Å²) in [6.07, 6.45) is 0. The minimum atomic E-state index is -0.577. The highest BCUT2D eigenvalue weighted by Gasteiger charge is 2.52. The number of thioether (sulfide) groups is 1. The number of methoxy groups -OCH3 is 1. The lowest BCUT2D eigenvalue weighted by Crippen LogP contribution is -2.68. The molecule has 28 heavy (non-hydrogen) atoms. The maximum absolute atomic E-state index is 13.0. The molecule has 2 aromatic carbocycles. The number of hydrogen-bond donors (Lipinski definition) is 1. The van der Waals surface area contributed by atoms with Gasteiger partial charge in [-0.1, -0.05) is 42.5 Å². The van der Waals surface area contributed by atoms with E-state index < -0.39 is 12.0 Å². The van der Waals surface area contributed by atoms with E-state index in [9.17, 15) is 9.59 Å². The van der Waals surface area contributed by atoms with Crippen molar-refractivity contribution in [1.82, 2.24) is 4.90 Å². The summed E-state index contributed by atoms with van der Waals surface area (Å²) in [4.78, 5) is 26.8. The summed E-state index contributed by atoms with van der Waals surface area (Å²) in [5.74, 6) is 0.567. The monoisotopic (exact) mass is 396 g/mol. The first-order valence-electron chi connectivity index (χ1n) is 8.89. The maximum atomic E-state index is 13.0. The molecule has 6 nitrogen and oxygen atoms in total. The van der Waals surface area contributed by atoms with Crippen molar-refractivity contribution in [2.45, 2.75) is 18.0 Å². The Hall–Kier alpha value is -2.77. The minimum absolute atomic E-state index is 0.111. The minimum Gasteiger partial charge on any atom is -0.497 e. The molecular formula is C21H20N2O4S. The molecule has 0 bridgehead atoms. The van der Waals surface area contributed by atoms with Crippen LogP contribution in [0.1, 0.15) is 11.1 Å². The van der Waals surface area contributed by atoms with Crippen LogP contribution in [0.4, 0.5) is 0 Å². The van der Waals surface area contributed by atoms with Gasteiger partial charge >= 0.3 is 5.97 Å². The van der Waals surface area contributed by atoms with Crippen LogP contribution in [0, 0.1) is 0 Å². The van der Waals surface area contributed by atoms with Crippen LogP contribution >= 0.6 is 11.8 Å². The lowest BCUT2D eigenvalue weighted by Gasteiger charge is -2.48. The van der Waals surface area contributed by atoms with Crippen molar-refractivity contribution in [3.8, 4) is 5.75 Å². The number of benzene rings is 2. The molecule has 2 N–H and O–H groups in total. The largest absolute Gasteiger partial charge is 0.497 e. The van der Waals surface area contributed by atoms with E-state index in [0.29, 0.717) is 11.4 Å². The van der Waals surface area contributed by atoms with Crippen molar-refractivity contribution < 1.29 is 19.1 Å². The molecule has 0 radical (unpaired) electrons. The van der Waals surface area contributed by atoms with E-state index in [4.69, 9.17) is 15.2 Å². The Kier molecular flexibility index (Phi) is 5.11. The summed E-state index contributed by atoms with van der Waals surface area (Å²) < 4.78 is 10.7. The zero-order chi connectivity index (χ0) is 19.7. The molecule has 2 aliphatic heterocycles. The fourth-order valence-corrected chi connectivity index (χ4v) is 4.63. The molecule has 2 heterocycles. The normalized spacial score (nSPS) is 21.1. The maximum Gasteiger partial charge on any atom is 0.355 e. The number of nitrogens with zero attached hydrogens (tertiary/aromatic N) is 1. The summed E-state index contributed by atoms with van der Waals surface area (Å²) in [7, 11) is 1.60. The Morgan fingerprint density at radius 1 is 1.18 bits per heavy atom. The predicted molar refractivity (Wildman–Crippen MR) is 107 cm³/mol. The molecule has 4 rings (SSSR count). The molecule has 7 heteroatoms. The van der Waals surface area contributed by atoms with Crippen LogP contribution in [0.25, 0.3) is 5.57 Å². The molecule has 0 saturated carbocycles. The van der Waals surface area contributed by atoms with Crippen LogP contribution < -0.4 is 10.5 Å². The van der Waals surface area contributed by atoms with Gasteiger partial charge in [-0.05, 0) is 23.3 Å². The molecule has 1 saturated heterocycles. The van der Waals surface area contributed by atoms with Crippen LogP contribution in [0.15, 0.2) is 60.3 Å². The van der Waals surface area contributed by atoms with Crippen LogP contribution in [-0.2, 0) is 20.9 Å². The van der Waals surface area contributed by atoms with Gasteiger partial charge in [0.05, 0.1) is 7.11 Å². The van der Waals surface area contributed by atoms with E-state index in [0.717, 1.165) is 22.4 Å². The van der Waals surface area contributed by atoms with Gasteiger partial charge in [0, 0.05) is 11.3 Å². The summed E-state index contributed by atoms with van der Waals surface area (Å²) >= 11 is 1.57. The fraction of sp³-hybridized carbons (Fsp3) is 0.238. The number of ether oxygens (including phenoxy) is 2. The number of β-lactam (4-membered cyclic amide) rings is 1. The van der Waals surface area contributed by atoms with E-state index in [-0.39, 0.29) is 17.9 Å². The smallest absolute Gasteiger partial charge is 0.355 e. The number of rotatable bonds is 5. The second-order valence-electron chi connectivity index (χ2n) is 6.55. The number of amides is 1. The number of hydrogen-bond acceptors (Lipinski definition) is 6. The Balaban J connectivity index is 1.60. The van der Waals surface area contributed by atoms with Crippen molar-refractivity contribution in [3.05, 3.63) is 71.4 Å². The molecule has 0 aliphatic carbocycles. The summed E-state index contributed by atoms with van der Waals surface area (Å²) in [5.41, 5.74) is 8.75. The third-order valence-corrected chi connectivity index (χ3v) is 6.15. The third kappa shape index (κ3) is 3.27. The zero-order valence-corrected chi connectivity index (χ0v) is 16.1. The van der Waals surface area contributed by atoms with Crippen molar-refractivity contribution in [2.75, 3.05) is 12.9 Å².